The number of benzene rings is 2. The number of carbonyl (C=O) groups is 2. The normalized spacial score (nSPS) is 17.5. The van der Waals surface area contributed by atoms with Gasteiger partial charge in [0.1, 0.15) is 24.9 Å². The van der Waals surface area contributed by atoms with E-state index < -0.39 is 5.92 Å². The minimum Gasteiger partial charge on any atom is -0.495 e. The Morgan fingerprint density at radius 2 is 1.93 bits per heavy atom. The maximum absolute atomic E-state index is 12.8. The predicted molar refractivity (Wildman–Crippen MR) is 111 cm³/mol. The zero-order valence-corrected chi connectivity index (χ0v) is 16.7. The topological polar surface area (TPSA) is 103 Å². The second kappa shape index (κ2) is 8.48. The summed E-state index contributed by atoms with van der Waals surface area (Å²) in [5.41, 5.74) is 7.50. The standard InChI is InChI=1S/C20H21N3O5.ClH/c1-26-16-4-2-12(10-15(16)21)22-19(24)14-6-7-23(20(14)25)13-3-5-17-18(11-13)28-9-8-27-17;/h2-5,10-11,14H,6-9,21H2,1H3,(H,22,24);1H. The number of methoxy groups -OCH3 is 1. The molecule has 0 saturated carbocycles. The van der Waals surface area contributed by atoms with Crippen molar-refractivity contribution in [2.75, 3.05) is 42.8 Å². The number of nitrogen functional groups attached to an aromatic ring is 1. The van der Waals surface area contributed by atoms with Crippen LogP contribution in [0.4, 0.5) is 17.1 Å². The first kappa shape index (κ1) is 20.6. The Balaban J connectivity index is 0.00000240. The van der Waals surface area contributed by atoms with Crippen LogP contribution in [0.3, 0.4) is 0 Å². The van der Waals surface area contributed by atoms with Crippen LogP contribution < -0.4 is 30.2 Å². The van der Waals surface area contributed by atoms with E-state index in [4.69, 9.17) is 19.9 Å². The van der Waals surface area contributed by atoms with Crippen LogP contribution >= 0.6 is 12.4 Å². The van der Waals surface area contributed by atoms with Crippen molar-refractivity contribution >= 4 is 41.3 Å². The highest BCUT2D eigenvalue weighted by molar-refractivity contribution is 6.13. The van der Waals surface area contributed by atoms with Gasteiger partial charge in [-0.05, 0) is 36.8 Å². The second-order valence-electron chi connectivity index (χ2n) is 6.61. The van der Waals surface area contributed by atoms with Crippen molar-refractivity contribution in [3.05, 3.63) is 36.4 Å². The number of nitrogens with zero attached hydrogens (tertiary/aromatic N) is 1. The number of anilines is 3. The number of hydrogen-bond acceptors (Lipinski definition) is 6. The van der Waals surface area contributed by atoms with Gasteiger partial charge in [0, 0.05) is 24.0 Å². The number of amides is 2. The molecule has 2 heterocycles. The molecule has 0 aromatic heterocycles. The van der Waals surface area contributed by atoms with Crippen LogP contribution in [0.25, 0.3) is 0 Å². The molecule has 1 saturated heterocycles. The Morgan fingerprint density at radius 1 is 1.17 bits per heavy atom. The third kappa shape index (κ3) is 4.02. The van der Waals surface area contributed by atoms with E-state index in [0.717, 1.165) is 0 Å². The van der Waals surface area contributed by atoms with Crippen LogP contribution in [0.5, 0.6) is 17.2 Å². The number of fused-ring (bicyclic) bond motifs is 1. The molecule has 2 aromatic carbocycles. The van der Waals surface area contributed by atoms with Crippen molar-refractivity contribution in [1.29, 1.82) is 0 Å². The van der Waals surface area contributed by atoms with Crippen molar-refractivity contribution in [1.82, 2.24) is 0 Å². The molecule has 0 spiro atoms. The van der Waals surface area contributed by atoms with E-state index in [-0.39, 0.29) is 24.2 Å². The zero-order valence-electron chi connectivity index (χ0n) is 15.8. The van der Waals surface area contributed by atoms with Gasteiger partial charge in [-0.2, -0.15) is 0 Å². The summed E-state index contributed by atoms with van der Waals surface area (Å²) >= 11 is 0. The van der Waals surface area contributed by atoms with Gasteiger partial charge in [-0.25, -0.2) is 0 Å². The molecular weight excluding hydrogens is 398 g/mol. The van der Waals surface area contributed by atoms with Gasteiger partial charge in [0.15, 0.2) is 11.5 Å². The molecule has 4 rings (SSSR count). The summed E-state index contributed by atoms with van der Waals surface area (Å²) in [6, 6.07) is 10.3. The smallest absolute Gasteiger partial charge is 0.239 e. The lowest BCUT2D eigenvalue weighted by atomic mass is 10.1. The van der Waals surface area contributed by atoms with Crippen molar-refractivity contribution < 1.29 is 23.8 Å². The Kier molecular flexibility index (Phi) is 6.03. The largest absolute Gasteiger partial charge is 0.495 e. The second-order valence-corrected chi connectivity index (χ2v) is 6.61. The average molecular weight is 420 g/mol. The van der Waals surface area contributed by atoms with E-state index in [2.05, 4.69) is 5.32 Å². The zero-order chi connectivity index (χ0) is 19.7. The van der Waals surface area contributed by atoms with Crippen LogP contribution in [-0.4, -0.2) is 38.7 Å². The van der Waals surface area contributed by atoms with E-state index in [1.807, 2.05) is 0 Å². The first-order chi connectivity index (χ1) is 13.6. The SMILES string of the molecule is COc1ccc(NC(=O)C2CCN(c3ccc4c(c3)OCCO4)C2=O)cc1N.Cl. The Hall–Kier alpha value is -3.13. The van der Waals surface area contributed by atoms with Gasteiger partial charge in [-0.3, -0.25) is 9.59 Å². The Labute approximate surface area is 174 Å². The maximum Gasteiger partial charge on any atom is 0.239 e. The highest BCUT2D eigenvalue weighted by Gasteiger charge is 2.38. The summed E-state index contributed by atoms with van der Waals surface area (Å²) in [5, 5.41) is 2.76. The number of halogens is 1. The van der Waals surface area contributed by atoms with Gasteiger partial charge in [-0.15, -0.1) is 12.4 Å². The fraction of sp³-hybridized carbons (Fsp3) is 0.300. The summed E-state index contributed by atoms with van der Waals surface area (Å²) in [7, 11) is 1.52. The first-order valence-electron chi connectivity index (χ1n) is 9.02. The molecule has 0 radical (unpaired) electrons. The molecule has 1 fully saturated rings. The van der Waals surface area contributed by atoms with E-state index >= 15 is 0 Å². The van der Waals surface area contributed by atoms with Crippen molar-refractivity contribution in [3.63, 3.8) is 0 Å². The molecule has 29 heavy (non-hydrogen) atoms. The molecule has 2 aromatic rings. The molecular formula is C20H22ClN3O5. The molecule has 2 aliphatic heterocycles. The Morgan fingerprint density at radius 3 is 2.66 bits per heavy atom. The molecule has 0 bridgehead atoms. The molecule has 8 nitrogen and oxygen atoms in total. The lowest BCUT2D eigenvalue weighted by molar-refractivity contribution is -0.129. The molecule has 154 valence electrons. The number of carbonyl (C=O) groups excluding carboxylic acids is 2. The van der Waals surface area contributed by atoms with Crippen LogP contribution in [0, 0.1) is 5.92 Å². The summed E-state index contributed by atoms with van der Waals surface area (Å²) in [6.45, 7) is 1.44. The van der Waals surface area contributed by atoms with E-state index in [9.17, 15) is 9.59 Å². The third-order valence-electron chi connectivity index (χ3n) is 4.86. The fourth-order valence-electron chi connectivity index (χ4n) is 3.42. The van der Waals surface area contributed by atoms with Gasteiger partial charge >= 0.3 is 0 Å². The van der Waals surface area contributed by atoms with Gasteiger partial charge < -0.3 is 30.2 Å². The molecule has 1 unspecified atom stereocenters. The van der Waals surface area contributed by atoms with Crippen molar-refractivity contribution in [3.8, 4) is 17.2 Å². The van der Waals surface area contributed by atoms with Crippen molar-refractivity contribution in [2.45, 2.75) is 6.42 Å². The molecule has 1 atom stereocenters. The maximum atomic E-state index is 12.8. The van der Waals surface area contributed by atoms with Crippen LogP contribution in [-0.2, 0) is 9.59 Å². The lowest BCUT2D eigenvalue weighted by Crippen LogP contribution is -2.33. The lowest BCUT2D eigenvalue weighted by Gasteiger charge is -2.22. The highest BCUT2D eigenvalue weighted by atomic mass is 35.5. The van der Waals surface area contributed by atoms with Crippen LogP contribution in [0.1, 0.15) is 6.42 Å². The van der Waals surface area contributed by atoms with E-state index in [0.29, 0.717) is 60.5 Å². The number of rotatable bonds is 4. The molecule has 0 aliphatic carbocycles. The van der Waals surface area contributed by atoms with Crippen molar-refractivity contribution in [2.24, 2.45) is 5.92 Å². The highest BCUT2D eigenvalue weighted by Crippen LogP contribution is 2.36. The van der Waals surface area contributed by atoms with Gasteiger partial charge in [0.05, 0.1) is 12.8 Å². The molecule has 2 aliphatic rings. The fourth-order valence-corrected chi connectivity index (χ4v) is 3.42. The monoisotopic (exact) mass is 419 g/mol. The minimum absolute atomic E-state index is 0. The average Bonchev–Trinajstić information content (AvgIpc) is 3.09. The van der Waals surface area contributed by atoms with E-state index in [1.165, 1.54) is 7.11 Å². The number of nitrogens with two attached hydrogens (primary N) is 1. The van der Waals surface area contributed by atoms with Gasteiger partial charge in [0.2, 0.25) is 11.8 Å². The third-order valence-corrected chi connectivity index (χ3v) is 4.86. The summed E-state index contributed by atoms with van der Waals surface area (Å²) in [5.74, 6) is 0.452. The number of nitrogens with one attached hydrogen (secondary N) is 1. The summed E-state index contributed by atoms with van der Waals surface area (Å²) in [4.78, 5) is 27.0. The Bertz CT molecular complexity index is 936. The molecule has 2 amide bonds. The first-order valence-corrected chi connectivity index (χ1v) is 9.02. The van der Waals surface area contributed by atoms with Gasteiger partial charge in [-0.1, -0.05) is 0 Å². The summed E-state index contributed by atoms with van der Waals surface area (Å²) < 4.78 is 16.2. The van der Waals surface area contributed by atoms with E-state index in [1.54, 1.807) is 41.3 Å². The quantitative estimate of drug-likeness (QED) is 0.583. The number of hydrogen-bond donors (Lipinski definition) is 2. The predicted octanol–water partition coefficient (Wildman–Crippen LogP) is 2.46. The minimum atomic E-state index is -0.753. The molecule has 9 heteroatoms. The number of ether oxygens (including phenoxy) is 3. The van der Waals surface area contributed by atoms with Gasteiger partial charge in [0.25, 0.3) is 0 Å². The van der Waals surface area contributed by atoms with Crippen LogP contribution in [0.2, 0.25) is 0 Å². The van der Waals surface area contributed by atoms with Crippen LogP contribution in [0.15, 0.2) is 36.4 Å². The summed E-state index contributed by atoms with van der Waals surface area (Å²) in [6.07, 6.45) is 0.435. The molecule has 3 N–H and O–H groups in total.